The molecule has 0 fully saturated rings. The van der Waals surface area contributed by atoms with Gasteiger partial charge in [0.2, 0.25) is 5.91 Å². The summed E-state index contributed by atoms with van der Waals surface area (Å²) in [4.78, 5) is 39.4. The highest BCUT2D eigenvalue weighted by molar-refractivity contribution is 6.31. The Morgan fingerprint density at radius 3 is 2.76 bits per heavy atom. The second-order valence-corrected chi connectivity index (χ2v) is 8.42. The summed E-state index contributed by atoms with van der Waals surface area (Å²) >= 11 is 6.01. The normalized spacial score (nSPS) is 11.6. The molecule has 0 unspecified atom stereocenters. The monoisotopic (exact) mass is 532 g/mol. The van der Waals surface area contributed by atoms with Crippen molar-refractivity contribution in [2.75, 3.05) is 18.5 Å². The average Bonchev–Trinajstić information content (AvgIpc) is 2.86. The number of hydrogen-bond donors (Lipinski definition) is 3. The van der Waals surface area contributed by atoms with E-state index in [1.165, 1.54) is 48.5 Å². The molecule has 195 valence electrons. The van der Waals surface area contributed by atoms with E-state index in [1.54, 1.807) is 18.5 Å². The number of nitrogens with one attached hydrogen (secondary N) is 3. The zero-order chi connectivity index (χ0) is 26.8. The van der Waals surface area contributed by atoms with E-state index in [1.807, 2.05) is 0 Å². The first-order valence-corrected chi connectivity index (χ1v) is 11.7. The minimum Gasteiger partial charge on any atom is -0.447 e. The van der Waals surface area contributed by atoms with E-state index >= 15 is 0 Å². The zero-order valence-electron chi connectivity index (χ0n) is 19.9. The highest BCUT2D eigenvalue weighted by Gasteiger charge is 2.23. The molecule has 12 heteroatoms. The first kappa shape index (κ1) is 27.8. The number of hydrogen-bond acceptors (Lipinski definition) is 6. The van der Waals surface area contributed by atoms with Gasteiger partial charge in [-0.3, -0.25) is 19.9 Å². The molecule has 2 aromatic carbocycles. The minimum absolute atomic E-state index is 0.0385. The maximum atomic E-state index is 13.8. The van der Waals surface area contributed by atoms with Crippen LogP contribution >= 0.6 is 11.6 Å². The van der Waals surface area contributed by atoms with Gasteiger partial charge in [0.1, 0.15) is 24.1 Å². The van der Waals surface area contributed by atoms with Gasteiger partial charge in [-0.25, -0.2) is 24.0 Å². The lowest BCUT2D eigenvalue weighted by Crippen LogP contribution is -2.50. The Labute approximate surface area is 217 Å². The van der Waals surface area contributed by atoms with Crippen molar-refractivity contribution in [2.24, 2.45) is 0 Å². The molecule has 1 atom stereocenters. The van der Waals surface area contributed by atoms with Gasteiger partial charge in [0, 0.05) is 31.6 Å². The van der Waals surface area contributed by atoms with E-state index in [2.05, 4.69) is 21.0 Å². The summed E-state index contributed by atoms with van der Waals surface area (Å²) in [6.07, 6.45) is 3.03. The largest absolute Gasteiger partial charge is 0.447 e. The second-order valence-electron chi connectivity index (χ2n) is 8.05. The van der Waals surface area contributed by atoms with E-state index in [-0.39, 0.29) is 29.9 Å². The van der Waals surface area contributed by atoms with Gasteiger partial charge in [0.25, 0.3) is 0 Å². The third-order valence-electron chi connectivity index (χ3n) is 5.41. The van der Waals surface area contributed by atoms with E-state index in [9.17, 15) is 23.2 Å². The maximum absolute atomic E-state index is 13.8. The third-order valence-corrected chi connectivity index (χ3v) is 5.83. The van der Waals surface area contributed by atoms with Gasteiger partial charge >= 0.3 is 12.5 Å². The van der Waals surface area contributed by atoms with Crippen LogP contribution in [0.25, 0.3) is 10.8 Å². The summed E-state index contributed by atoms with van der Waals surface area (Å²) in [5, 5.41) is 7.35. The van der Waals surface area contributed by atoms with Gasteiger partial charge < -0.3 is 10.1 Å². The van der Waals surface area contributed by atoms with Crippen LogP contribution < -0.4 is 16.1 Å². The van der Waals surface area contributed by atoms with Crippen LogP contribution in [0.3, 0.4) is 0 Å². The average molecular weight is 533 g/mol. The predicted octanol–water partition coefficient (Wildman–Crippen LogP) is 4.07. The molecule has 3 rings (SSSR count). The molecule has 0 aliphatic rings. The van der Waals surface area contributed by atoms with Crippen LogP contribution in [0.1, 0.15) is 25.3 Å². The maximum Gasteiger partial charge on any atom is 0.412 e. The highest BCUT2D eigenvalue weighted by atomic mass is 35.5. The molecule has 0 saturated heterocycles. The fourth-order valence-electron chi connectivity index (χ4n) is 3.61. The summed E-state index contributed by atoms with van der Waals surface area (Å²) < 4.78 is 32.7. The Balaban J connectivity index is 1.66. The van der Waals surface area contributed by atoms with Crippen LogP contribution in [-0.4, -0.2) is 47.6 Å². The van der Waals surface area contributed by atoms with Crippen molar-refractivity contribution in [2.45, 2.75) is 32.4 Å². The summed E-state index contributed by atoms with van der Waals surface area (Å²) in [5.41, 5.74) is 3.35. The van der Waals surface area contributed by atoms with Crippen molar-refractivity contribution in [3.8, 4) is 0 Å². The van der Waals surface area contributed by atoms with Gasteiger partial charge in [-0.2, -0.15) is 0 Å². The molecule has 3 aromatic rings. The molecular formula is C25H25ClF2N5O4. The molecule has 0 spiro atoms. The van der Waals surface area contributed by atoms with E-state index < -0.39 is 23.8 Å². The van der Waals surface area contributed by atoms with Crippen molar-refractivity contribution in [3.63, 3.8) is 0 Å². The lowest BCUT2D eigenvalue weighted by Gasteiger charge is -2.31. The molecule has 1 radical (unpaired) electrons. The number of benzene rings is 2. The number of fused-ring (bicyclic) bond motifs is 1. The number of rotatable bonds is 12. The van der Waals surface area contributed by atoms with Crippen molar-refractivity contribution >= 4 is 46.6 Å². The van der Waals surface area contributed by atoms with Gasteiger partial charge in [0.15, 0.2) is 0 Å². The molecule has 3 N–H and O–H groups in total. The van der Waals surface area contributed by atoms with Crippen LogP contribution in [0.4, 0.5) is 19.4 Å². The summed E-state index contributed by atoms with van der Waals surface area (Å²) in [7, 11) is 0. The molecule has 0 bridgehead atoms. The van der Waals surface area contributed by atoms with Crippen molar-refractivity contribution in [3.05, 3.63) is 70.9 Å². The molecule has 37 heavy (non-hydrogen) atoms. The van der Waals surface area contributed by atoms with Crippen molar-refractivity contribution in [1.82, 2.24) is 20.7 Å². The van der Waals surface area contributed by atoms with E-state index in [0.717, 1.165) is 0 Å². The smallest absolute Gasteiger partial charge is 0.412 e. The van der Waals surface area contributed by atoms with Gasteiger partial charge in [-0.05, 0) is 54.1 Å². The first-order chi connectivity index (χ1) is 17.8. The first-order valence-electron chi connectivity index (χ1n) is 11.3. The number of anilines is 1. The third kappa shape index (κ3) is 8.09. The molecule has 1 aromatic heterocycles. The summed E-state index contributed by atoms with van der Waals surface area (Å²) in [6, 6.07) is 9.40. The molecule has 9 nitrogen and oxygen atoms in total. The van der Waals surface area contributed by atoms with Crippen molar-refractivity contribution in [1.29, 1.82) is 0 Å². The number of ether oxygens (including phenoxy) is 1. The number of pyridine rings is 1. The Bertz CT molecular complexity index is 1260. The van der Waals surface area contributed by atoms with E-state index in [4.69, 9.17) is 16.3 Å². The number of amides is 3. The van der Waals surface area contributed by atoms with Crippen LogP contribution in [0, 0.1) is 11.6 Å². The number of halogens is 3. The van der Waals surface area contributed by atoms with Crippen LogP contribution in [0.5, 0.6) is 0 Å². The summed E-state index contributed by atoms with van der Waals surface area (Å²) in [6.45, 7) is 1.45. The van der Waals surface area contributed by atoms with Gasteiger partial charge in [0.05, 0.1) is 11.1 Å². The molecular weight excluding hydrogens is 508 g/mol. The van der Waals surface area contributed by atoms with Gasteiger partial charge in [-0.1, -0.05) is 23.7 Å². The number of aromatic nitrogens is 1. The Hall–Kier alpha value is -3.83. The molecule has 0 aliphatic heterocycles. The molecule has 3 amide bonds. The SMILES string of the molecule is CC(=O)N(NCc1cccc(F)c1Cl)[C@@H](CCCN[C]=O)COC(=O)Nc1cc2cc(F)ccc2cn1. The quantitative estimate of drug-likeness (QED) is 0.184. The standard InChI is InChI=1S/C25H25ClF2N5O4/c1-16(35)33(31-13-18-4-2-6-22(28)24(18)26)21(5-3-9-29-15-34)14-37-25(36)32-23-11-19-10-20(27)8-7-17(19)12-30-23/h2,4,6-8,10-12,21,31H,3,5,9,13-14H2,1H3,(H,29,34)(H,30,32,36)/t21-/m0/s1. The van der Waals surface area contributed by atoms with E-state index in [0.29, 0.717) is 35.7 Å². The van der Waals surface area contributed by atoms with Crippen LogP contribution in [0.2, 0.25) is 5.02 Å². The summed E-state index contributed by atoms with van der Waals surface area (Å²) in [5.74, 6) is -1.23. The predicted molar refractivity (Wildman–Crippen MR) is 134 cm³/mol. The van der Waals surface area contributed by atoms with Gasteiger partial charge in [-0.15, -0.1) is 0 Å². The highest BCUT2D eigenvalue weighted by Crippen LogP contribution is 2.20. The number of carbonyl (C=O) groups excluding carboxylic acids is 3. The van der Waals surface area contributed by atoms with Crippen molar-refractivity contribution < 1.29 is 27.9 Å². The molecule has 1 heterocycles. The minimum atomic E-state index is -0.829. The fourth-order valence-corrected chi connectivity index (χ4v) is 3.80. The lowest BCUT2D eigenvalue weighted by atomic mass is 10.1. The molecule has 0 saturated carbocycles. The van der Waals surface area contributed by atoms with Crippen LogP contribution in [0.15, 0.2) is 48.7 Å². The van der Waals surface area contributed by atoms with Crippen LogP contribution in [-0.2, 0) is 20.9 Å². The number of hydrazine groups is 1. The number of nitrogens with zero attached hydrogens (tertiary/aromatic N) is 2. The zero-order valence-corrected chi connectivity index (χ0v) is 20.6. The second kappa shape index (κ2) is 13.5. The lowest BCUT2D eigenvalue weighted by molar-refractivity contribution is -0.136. The molecule has 0 aliphatic carbocycles. The Morgan fingerprint density at radius 2 is 2.00 bits per heavy atom. The Morgan fingerprint density at radius 1 is 1.19 bits per heavy atom. The Kier molecular flexibility index (Phi) is 10.1. The fraction of sp³-hybridized carbons (Fsp3) is 0.280. The topological polar surface area (TPSA) is 113 Å². The number of carbonyl (C=O) groups is 2.